The molecule has 5 heteroatoms. The molecule has 0 bridgehead atoms. The van der Waals surface area contributed by atoms with Gasteiger partial charge >= 0.3 is 12.1 Å². The maximum absolute atomic E-state index is 12.5. The summed E-state index contributed by atoms with van der Waals surface area (Å²) in [4.78, 5) is 24.3. The molecule has 0 radical (unpaired) electrons. The Kier molecular flexibility index (Phi) is 6.00. The third-order valence-corrected chi connectivity index (χ3v) is 6.47. The molecule has 1 aliphatic carbocycles. The number of hydrogen-bond donors (Lipinski definition) is 2. The zero-order valence-corrected chi connectivity index (χ0v) is 18.6. The maximum Gasteiger partial charge on any atom is 0.407 e. The van der Waals surface area contributed by atoms with Crippen molar-refractivity contribution in [3.8, 4) is 11.1 Å². The Hall–Kier alpha value is -4.12. The highest BCUT2D eigenvalue weighted by Gasteiger charge is 2.29. The molecule has 2 N–H and O–H groups in total. The first-order valence-electron chi connectivity index (χ1n) is 11.4. The van der Waals surface area contributed by atoms with Crippen LogP contribution in [0.2, 0.25) is 0 Å². The normalized spacial score (nSPS) is 13.2. The Balaban J connectivity index is 1.22. The zero-order chi connectivity index (χ0) is 23.5. The smallest absolute Gasteiger partial charge is 0.407 e. The molecule has 5 nitrogen and oxygen atoms in total. The number of carboxylic acid groups (broad SMARTS) is 1. The van der Waals surface area contributed by atoms with Crippen LogP contribution in [-0.2, 0) is 16.0 Å². The minimum absolute atomic E-state index is 0.0703. The molecule has 0 saturated carbocycles. The number of benzene rings is 4. The second-order valence-corrected chi connectivity index (χ2v) is 8.58. The van der Waals surface area contributed by atoms with Crippen molar-refractivity contribution in [1.29, 1.82) is 0 Å². The molecule has 0 unspecified atom stereocenters. The Morgan fingerprint density at radius 2 is 1.44 bits per heavy atom. The van der Waals surface area contributed by atoms with Crippen molar-refractivity contribution in [3.63, 3.8) is 0 Å². The van der Waals surface area contributed by atoms with Crippen molar-refractivity contribution in [2.45, 2.75) is 24.8 Å². The predicted octanol–water partition coefficient (Wildman–Crippen LogP) is 5.76. The Bertz CT molecular complexity index is 1320. The van der Waals surface area contributed by atoms with Gasteiger partial charge in [0.05, 0.1) is 0 Å². The van der Waals surface area contributed by atoms with Crippen LogP contribution in [0.25, 0.3) is 21.9 Å². The van der Waals surface area contributed by atoms with Crippen LogP contribution in [0.1, 0.15) is 29.0 Å². The summed E-state index contributed by atoms with van der Waals surface area (Å²) in [6, 6.07) is 29.3. The number of nitrogens with one attached hydrogen (secondary N) is 1. The maximum atomic E-state index is 12.5. The summed E-state index contributed by atoms with van der Waals surface area (Å²) < 4.78 is 5.52. The molecule has 1 aliphatic rings. The van der Waals surface area contributed by atoms with Gasteiger partial charge in [-0.15, -0.1) is 0 Å². The summed E-state index contributed by atoms with van der Waals surface area (Å²) in [6.07, 6.45) is 0.0938. The van der Waals surface area contributed by atoms with E-state index in [1.165, 1.54) is 0 Å². The van der Waals surface area contributed by atoms with Gasteiger partial charge in [-0.2, -0.15) is 0 Å². The fourth-order valence-corrected chi connectivity index (χ4v) is 4.75. The summed E-state index contributed by atoms with van der Waals surface area (Å²) in [5, 5.41) is 14.4. The van der Waals surface area contributed by atoms with Gasteiger partial charge in [0.1, 0.15) is 12.6 Å². The van der Waals surface area contributed by atoms with Gasteiger partial charge < -0.3 is 15.2 Å². The number of alkyl carbamates (subject to hydrolysis) is 1. The summed E-state index contributed by atoms with van der Waals surface area (Å²) in [7, 11) is 0. The van der Waals surface area contributed by atoms with Crippen LogP contribution in [0.3, 0.4) is 0 Å². The van der Waals surface area contributed by atoms with Crippen molar-refractivity contribution >= 4 is 22.8 Å². The number of fused-ring (bicyclic) bond motifs is 4. The third-order valence-electron chi connectivity index (χ3n) is 6.47. The van der Waals surface area contributed by atoms with E-state index in [1.54, 1.807) is 0 Å². The van der Waals surface area contributed by atoms with Gasteiger partial charge in [0.2, 0.25) is 0 Å². The molecule has 1 amide bonds. The number of aliphatic carboxylic acids is 1. The highest BCUT2D eigenvalue weighted by molar-refractivity contribution is 5.83. The molecule has 0 saturated heterocycles. The van der Waals surface area contributed by atoms with E-state index in [0.29, 0.717) is 6.42 Å². The van der Waals surface area contributed by atoms with Gasteiger partial charge in [-0.1, -0.05) is 91.0 Å². The van der Waals surface area contributed by atoms with Crippen LogP contribution in [0, 0.1) is 0 Å². The van der Waals surface area contributed by atoms with Gasteiger partial charge in [-0.25, -0.2) is 9.59 Å². The molecule has 4 aromatic rings. The topological polar surface area (TPSA) is 75.6 Å². The van der Waals surface area contributed by atoms with E-state index in [2.05, 4.69) is 23.5 Å². The Labute approximate surface area is 198 Å². The second-order valence-electron chi connectivity index (χ2n) is 8.58. The predicted molar refractivity (Wildman–Crippen MR) is 132 cm³/mol. The fourth-order valence-electron chi connectivity index (χ4n) is 4.75. The molecule has 0 heterocycles. The lowest BCUT2D eigenvalue weighted by atomic mass is 9.98. The van der Waals surface area contributed by atoms with E-state index < -0.39 is 18.1 Å². The van der Waals surface area contributed by atoms with E-state index in [4.69, 9.17) is 4.74 Å². The number of carboxylic acids is 1. The van der Waals surface area contributed by atoms with Crippen LogP contribution in [0.4, 0.5) is 4.79 Å². The number of carbonyl (C=O) groups is 2. The van der Waals surface area contributed by atoms with E-state index >= 15 is 0 Å². The average Bonchev–Trinajstić information content (AvgIpc) is 3.18. The number of aryl methyl sites for hydroxylation is 1. The van der Waals surface area contributed by atoms with Gasteiger partial charge in [-0.05, 0) is 51.4 Å². The van der Waals surface area contributed by atoms with Crippen molar-refractivity contribution in [2.24, 2.45) is 0 Å². The van der Waals surface area contributed by atoms with Crippen molar-refractivity contribution in [1.82, 2.24) is 5.32 Å². The molecule has 0 fully saturated rings. The van der Waals surface area contributed by atoms with E-state index in [9.17, 15) is 14.7 Å². The van der Waals surface area contributed by atoms with Crippen molar-refractivity contribution < 1.29 is 19.4 Å². The zero-order valence-electron chi connectivity index (χ0n) is 18.6. The molecule has 1 atom stereocenters. The van der Waals surface area contributed by atoms with E-state index in [1.807, 2.05) is 72.8 Å². The second kappa shape index (κ2) is 9.40. The van der Waals surface area contributed by atoms with Crippen molar-refractivity contribution in [2.75, 3.05) is 6.61 Å². The minimum atomic E-state index is -1.07. The number of carbonyl (C=O) groups excluding carboxylic acids is 1. The number of rotatable bonds is 7. The van der Waals surface area contributed by atoms with E-state index in [-0.39, 0.29) is 18.9 Å². The monoisotopic (exact) mass is 451 g/mol. The molecule has 0 aliphatic heterocycles. The minimum Gasteiger partial charge on any atom is -0.480 e. The van der Waals surface area contributed by atoms with Crippen LogP contribution < -0.4 is 5.32 Å². The number of amides is 1. The standard InChI is InChI=1S/C29H25NO4/c31-28(32)27(16-14-19-13-15-20-7-1-2-8-21(20)17-19)30-29(33)34-18-26-24-11-5-3-9-22(24)23-10-4-6-12-25(23)26/h1-13,15,17,26-27H,14,16,18H2,(H,30,33)(H,31,32)/t27-/m1/s1. The molecule has 170 valence electrons. The fraction of sp³-hybridized carbons (Fsp3) is 0.172. The number of ether oxygens (including phenoxy) is 1. The van der Waals surface area contributed by atoms with E-state index in [0.717, 1.165) is 38.6 Å². The van der Waals surface area contributed by atoms with Gasteiger partial charge in [0, 0.05) is 5.92 Å². The van der Waals surface area contributed by atoms with Crippen molar-refractivity contribution in [3.05, 3.63) is 108 Å². The molecule has 5 rings (SSSR count). The van der Waals surface area contributed by atoms with Gasteiger partial charge in [0.15, 0.2) is 0 Å². The summed E-state index contributed by atoms with van der Waals surface area (Å²) in [5.41, 5.74) is 5.54. The average molecular weight is 452 g/mol. The summed E-state index contributed by atoms with van der Waals surface area (Å²) in [5.74, 6) is -1.15. The lowest BCUT2D eigenvalue weighted by Gasteiger charge is -2.17. The number of hydrogen-bond acceptors (Lipinski definition) is 3. The lowest BCUT2D eigenvalue weighted by Crippen LogP contribution is -2.41. The summed E-state index contributed by atoms with van der Waals surface area (Å²) >= 11 is 0. The molecule has 34 heavy (non-hydrogen) atoms. The van der Waals surface area contributed by atoms with Gasteiger partial charge in [-0.3, -0.25) is 0 Å². The SMILES string of the molecule is O=C(N[C@H](CCc1ccc2ccccc2c1)C(=O)O)OCC1c2ccccc2-c2ccccc21. The first-order chi connectivity index (χ1) is 16.6. The van der Waals surface area contributed by atoms with Crippen LogP contribution in [-0.4, -0.2) is 29.8 Å². The first kappa shape index (κ1) is 21.7. The third kappa shape index (κ3) is 4.37. The Morgan fingerprint density at radius 1 is 0.824 bits per heavy atom. The van der Waals surface area contributed by atoms with Crippen LogP contribution in [0.15, 0.2) is 91.0 Å². The molecular formula is C29H25NO4. The lowest BCUT2D eigenvalue weighted by molar-refractivity contribution is -0.139. The molecular weight excluding hydrogens is 426 g/mol. The highest BCUT2D eigenvalue weighted by atomic mass is 16.5. The molecule has 4 aromatic carbocycles. The highest BCUT2D eigenvalue weighted by Crippen LogP contribution is 2.44. The molecule has 0 spiro atoms. The van der Waals surface area contributed by atoms with Gasteiger partial charge in [0.25, 0.3) is 0 Å². The quantitative estimate of drug-likeness (QED) is 0.374. The first-order valence-corrected chi connectivity index (χ1v) is 11.4. The Morgan fingerprint density at radius 3 is 2.12 bits per heavy atom. The largest absolute Gasteiger partial charge is 0.480 e. The van der Waals surface area contributed by atoms with Crippen LogP contribution in [0.5, 0.6) is 0 Å². The summed E-state index contributed by atoms with van der Waals surface area (Å²) in [6.45, 7) is 0.150. The van der Waals surface area contributed by atoms with Crippen LogP contribution >= 0.6 is 0 Å². The molecule has 0 aromatic heterocycles.